The molecule has 0 radical (unpaired) electrons. The summed E-state index contributed by atoms with van der Waals surface area (Å²) in [5.74, 6) is 0.983. The van der Waals surface area contributed by atoms with Crippen LogP contribution in [0.25, 0.3) is 0 Å². The van der Waals surface area contributed by atoms with Crippen LogP contribution in [0.5, 0.6) is 0 Å². The van der Waals surface area contributed by atoms with Crippen molar-refractivity contribution < 1.29 is 4.74 Å². The largest absolute Gasteiger partial charge is 0.389 e. The summed E-state index contributed by atoms with van der Waals surface area (Å²) in [6.45, 7) is 7.73. The number of rotatable bonds is 7. The second-order valence-corrected chi connectivity index (χ2v) is 5.16. The molecule has 1 aromatic rings. The topological polar surface area (TPSA) is 56.3 Å². The Morgan fingerprint density at radius 1 is 1.58 bits per heavy atom. The monoisotopic (exact) mass is 284 g/mol. The number of aromatic nitrogens is 2. The maximum absolute atomic E-state index is 5.86. The van der Waals surface area contributed by atoms with Gasteiger partial charge in [0, 0.05) is 26.7 Å². The van der Waals surface area contributed by atoms with E-state index in [2.05, 4.69) is 23.8 Å². The molecule has 19 heavy (non-hydrogen) atoms. The number of aryl methyl sites for hydroxylation is 2. The highest BCUT2D eigenvalue weighted by molar-refractivity contribution is 7.80. The lowest BCUT2D eigenvalue weighted by atomic mass is 10.1. The predicted octanol–water partition coefficient (Wildman–Crippen LogP) is 1.61. The van der Waals surface area contributed by atoms with E-state index in [1.165, 1.54) is 0 Å². The highest BCUT2D eigenvalue weighted by Crippen LogP contribution is 2.25. The molecule has 6 heteroatoms. The lowest BCUT2D eigenvalue weighted by Crippen LogP contribution is -2.38. The van der Waals surface area contributed by atoms with E-state index in [0.717, 1.165) is 30.0 Å². The van der Waals surface area contributed by atoms with Gasteiger partial charge in [-0.05, 0) is 20.3 Å². The molecule has 0 aliphatic heterocycles. The van der Waals surface area contributed by atoms with E-state index in [1.807, 2.05) is 18.7 Å². The van der Waals surface area contributed by atoms with Crippen LogP contribution in [0, 0.1) is 6.92 Å². The molecule has 0 saturated carbocycles. The Morgan fingerprint density at radius 2 is 2.21 bits per heavy atom. The Bertz CT molecular complexity index is 444. The molecule has 0 aromatic carbocycles. The van der Waals surface area contributed by atoms with Gasteiger partial charge in [0.15, 0.2) is 0 Å². The second kappa shape index (κ2) is 6.86. The summed E-state index contributed by atoms with van der Waals surface area (Å²) in [4.78, 5) is 2.66. The van der Waals surface area contributed by atoms with Gasteiger partial charge in [-0.1, -0.05) is 19.1 Å². The van der Waals surface area contributed by atoms with Crippen LogP contribution in [0.2, 0.25) is 0 Å². The van der Waals surface area contributed by atoms with Crippen molar-refractivity contribution in [2.75, 3.05) is 25.2 Å². The Hall–Kier alpha value is -1.14. The molecule has 2 N–H and O–H groups in total. The van der Waals surface area contributed by atoms with Crippen LogP contribution in [0.15, 0.2) is 0 Å². The summed E-state index contributed by atoms with van der Waals surface area (Å²) >= 11 is 5.17. The smallest absolute Gasteiger partial charge is 0.137 e. The molecular weight excluding hydrogens is 260 g/mol. The average molecular weight is 284 g/mol. The van der Waals surface area contributed by atoms with E-state index in [1.54, 1.807) is 7.11 Å². The SMILES string of the molecule is CCC(C)N(CCOC)c1c(C(N)=S)c(C)nn1C. The number of nitrogens with two attached hydrogens (primary N) is 1. The first-order valence-corrected chi connectivity index (χ1v) is 6.93. The summed E-state index contributed by atoms with van der Waals surface area (Å²) in [5.41, 5.74) is 7.60. The van der Waals surface area contributed by atoms with Crippen molar-refractivity contribution in [2.24, 2.45) is 12.8 Å². The van der Waals surface area contributed by atoms with E-state index >= 15 is 0 Å². The van der Waals surface area contributed by atoms with Crippen LogP contribution >= 0.6 is 12.2 Å². The molecule has 0 bridgehead atoms. The number of ether oxygens (including phenoxy) is 1. The number of hydrogen-bond acceptors (Lipinski definition) is 4. The van der Waals surface area contributed by atoms with Gasteiger partial charge in [-0.25, -0.2) is 0 Å². The molecule has 1 heterocycles. The van der Waals surface area contributed by atoms with Gasteiger partial charge >= 0.3 is 0 Å². The summed E-state index contributed by atoms with van der Waals surface area (Å²) in [5, 5.41) is 4.44. The fourth-order valence-corrected chi connectivity index (χ4v) is 2.45. The molecule has 1 atom stereocenters. The fourth-order valence-electron chi connectivity index (χ4n) is 2.21. The Labute approximate surface area is 120 Å². The molecule has 0 spiro atoms. The highest BCUT2D eigenvalue weighted by atomic mass is 32.1. The zero-order valence-electron chi connectivity index (χ0n) is 12.4. The van der Waals surface area contributed by atoms with Gasteiger partial charge in [-0.3, -0.25) is 4.68 Å². The van der Waals surface area contributed by atoms with Gasteiger partial charge in [-0.15, -0.1) is 0 Å². The zero-order chi connectivity index (χ0) is 14.6. The van der Waals surface area contributed by atoms with Gasteiger partial charge in [0.05, 0.1) is 17.9 Å². The Kier molecular flexibility index (Phi) is 5.75. The molecule has 108 valence electrons. The zero-order valence-corrected chi connectivity index (χ0v) is 13.3. The lowest BCUT2D eigenvalue weighted by molar-refractivity contribution is 0.203. The van der Waals surface area contributed by atoms with Gasteiger partial charge in [0.25, 0.3) is 0 Å². The fraction of sp³-hybridized carbons (Fsp3) is 0.692. The molecular formula is C13H24N4OS. The number of hydrogen-bond donors (Lipinski definition) is 1. The van der Waals surface area contributed by atoms with Gasteiger partial charge in [0.2, 0.25) is 0 Å². The lowest BCUT2D eigenvalue weighted by Gasteiger charge is -2.31. The van der Waals surface area contributed by atoms with Gasteiger partial charge in [-0.2, -0.15) is 5.10 Å². The first-order valence-electron chi connectivity index (χ1n) is 6.52. The van der Waals surface area contributed by atoms with Crippen molar-refractivity contribution in [3.8, 4) is 0 Å². The molecule has 1 aromatic heterocycles. The van der Waals surface area contributed by atoms with Crippen LogP contribution in [0.1, 0.15) is 31.5 Å². The van der Waals surface area contributed by atoms with Crippen molar-refractivity contribution in [2.45, 2.75) is 33.2 Å². The highest BCUT2D eigenvalue weighted by Gasteiger charge is 2.23. The summed E-state index contributed by atoms with van der Waals surface area (Å²) in [6, 6.07) is 0.373. The van der Waals surface area contributed by atoms with Crippen LogP contribution in [0.3, 0.4) is 0 Å². The first kappa shape index (κ1) is 15.9. The van der Waals surface area contributed by atoms with Crippen LogP contribution < -0.4 is 10.6 Å². The van der Waals surface area contributed by atoms with Crippen molar-refractivity contribution in [3.63, 3.8) is 0 Å². The summed E-state index contributed by atoms with van der Waals surface area (Å²) < 4.78 is 7.05. The summed E-state index contributed by atoms with van der Waals surface area (Å²) in [7, 11) is 3.63. The van der Waals surface area contributed by atoms with E-state index in [9.17, 15) is 0 Å². The maximum atomic E-state index is 5.86. The van der Waals surface area contributed by atoms with Crippen molar-refractivity contribution >= 4 is 23.0 Å². The van der Waals surface area contributed by atoms with Crippen molar-refractivity contribution in [1.82, 2.24) is 9.78 Å². The van der Waals surface area contributed by atoms with Gasteiger partial charge < -0.3 is 15.4 Å². The molecule has 0 aliphatic carbocycles. The third-order valence-corrected chi connectivity index (χ3v) is 3.57. The molecule has 1 unspecified atom stereocenters. The van der Waals surface area contributed by atoms with Crippen LogP contribution in [-0.4, -0.2) is 41.1 Å². The third kappa shape index (κ3) is 3.45. The molecule has 0 aliphatic rings. The number of nitrogens with zero attached hydrogens (tertiary/aromatic N) is 3. The second-order valence-electron chi connectivity index (χ2n) is 4.72. The average Bonchev–Trinajstić information content (AvgIpc) is 2.64. The standard InChI is InChI=1S/C13H24N4OS/c1-6-9(2)17(7-8-18-5)13-11(12(14)19)10(3)15-16(13)4/h9H,6-8H2,1-5H3,(H2,14,19). The number of anilines is 1. The maximum Gasteiger partial charge on any atom is 0.137 e. The van der Waals surface area contributed by atoms with E-state index in [0.29, 0.717) is 17.6 Å². The molecule has 5 nitrogen and oxygen atoms in total. The quantitative estimate of drug-likeness (QED) is 0.771. The minimum absolute atomic E-state index is 0.373. The third-order valence-electron chi connectivity index (χ3n) is 3.37. The van der Waals surface area contributed by atoms with Crippen LogP contribution in [0.4, 0.5) is 5.82 Å². The Morgan fingerprint density at radius 3 is 2.68 bits per heavy atom. The van der Waals surface area contributed by atoms with E-state index in [-0.39, 0.29) is 0 Å². The summed E-state index contributed by atoms with van der Waals surface area (Å²) in [6.07, 6.45) is 1.03. The Balaban J connectivity index is 3.24. The van der Waals surface area contributed by atoms with Crippen molar-refractivity contribution in [3.05, 3.63) is 11.3 Å². The molecule has 0 saturated heterocycles. The molecule has 0 fully saturated rings. The van der Waals surface area contributed by atoms with Crippen LogP contribution in [-0.2, 0) is 11.8 Å². The minimum atomic E-state index is 0.373. The first-order chi connectivity index (χ1) is 8.93. The minimum Gasteiger partial charge on any atom is -0.389 e. The van der Waals surface area contributed by atoms with E-state index < -0.39 is 0 Å². The number of thiocarbonyl (C=S) groups is 1. The van der Waals surface area contributed by atoms with Crippen molar-refractivity contribution in [1.29, 1.82) is 0 Å². The van der Waals surface area contributed by atoms with E-state index in [4.69, 9.17) is 22.7 Å². The molecule has 0 amide bonds. The number of methoxy groups -OCH3 is 1. The van der Waals surface area contributed by atoms with Gasteiger partial charge in [0.1, 0.15) is 10.8 Å². The predicted molar refractivity (Wildman–Crippen MR) is 82.8 cm³/mol. The normalized spacial score (nSPS) is 12.5. The molecule has 1 rings (SSSR count).